The van der Waals surface area contributed by atoms with E-state index in [1.54, 1.807) is 10.5 Å². The number of rotatable bonds is 3. The number of aryl methyl sites for hydroxylation is 1. The van der Waals surface area contributed by atoms with Crippen molar-refractivity contribution in [1.29, 1.82) is 0 Å². The SMILES string of the molecule is CC1=C(C2CC(C(=O)N(C)C)CC(c3ccccc3C)C2)CCC=C1. The van der Waals surface area contributed by atoms with Gasteiger partial charge in [0, 0.05) is 20.0 Å². The first-order chi connectivity index (χ1) is 12.0. The first-order valence-electron chi connectivity index (χ1n) is 9.60. The van der Waals surface area contributed by atoms with Crippen LogP contribution in [0.4, 0.5) is 0 Å². The largest absolute Gasteiger partial charge is 0.349 e. The Bertz CT molecular complexity index is 698. The molecule has 2 nitrogen and oxygen atoms in total. The molecule has 1 saturated carbocycles. The van der Waals surface area contributed by atoms with Gasteiger partial charge in [0.2, 0.25) is 5.91 Å². The summed E-state index contributed by atoms with van der Waals surface area (Å²) >= 11 is 0. The molecule has 0 radical (unpaired) electrons. The summed E-state index contributed by atoms with van der Waals surface area (Å²) in [5.41, 5.74) is 5.82. The van der Waals surface area contributed by atoms with Crippen LogP contribution in [0.15, 0.2) is 47.6 Å². The number of carbonyl (C=O) groups excluding carboxylic acids is 1. The smallest absolute Gasteiger partial charge is 0.225 e. The molecule has 0 aromatic heterocycles. The summed E-state index contributed by atoms with van der Waals surface area (Å²) in [5.74, 6) is 1.47. The molecule has 2 aliphatic rings. The van der Waals surface area contributed by atoms with Gasteiger partial charge in [-0.25, -0.2) is 0 Å². The fourth-order valence-electron chi connectivity index (χ4n) is 4.80. The molecule has 2 aliphatic carbocycles. The summed E-state index contributed by atoms with van der Waals surface area (Å²) in [6, 6.07) is 8.72. The molecule has 0 aliphatic heterocycles. The Kier molecular flexibility index (Phi) is 5.46. The van der Waals surface area contributed by atoms with Crippen molar-refractivity contribution < 1.29 is 4.79 Å². The van der Waals surface area contributed by atoms with Crippen molar-refractivity contribution in [3.8, 4) is 0 Å². The Morgan fingerprint density at radius 2 is 1.76 bits per heavy atom. The Hall–Kier alpha value is -1.83. The highest BCUT2D eigenvalue weighted by molar-refractivity contribution is 5.78. The van der Waals surface area contributed by atoms with Crippen LogP contribution in [0.5, 0.6) is 0 Å². The van der Waals surface area contributed by atoms with Gasteiger partial charge < -0.3 is 4.90 Å². The second kappa shape index (κ2) is 7.59. The summed E-state index contributed by atoms with van der Waals surface area (Å²) in [4.78, 5) is 14.5. The third kappa shape index (κ3) is 3.89. The fourth-order valence-corrected chi connectivity index (χ4v) is 4.80. The molecule has 25 heavy (non-hydrogen) atoms. The molecule has 0 spiro atoms. The maximum absolute atomic E-state index is 12.8. The third-order valence-electron chi connectivity index (χ3n) is 6.07. The van der Waals surface area contributed by atoms with Crippen LogP contribution in [-0.4, -0.2) is 24.9 Å². The highest BCUT2D eigenvalue weighted by Gasteiger charge is 2.36. The monoisotopic (exact) mass is 337 g/mol. The zero-order valence-corrected chi connectivity index (χ0v) is 16.1. The lowest BCUT2D eigenvalue weighted by Crippen LogP contribution is -2.35. The van der Waals surface area contributed by atoms with Crippen LogP contribution < -0.4 is 0 Å². The van der Waals surface area contributed by atoms with Crippen molar-refractivity contribution in [2.45, 2.75) is 51.9 Å². The van der Waals surface area contributed by atoms with E-state index in [9.17, 15) is 4.79 Å². The number of benzene rings is 1. The van der Waals surface area contributed by atoms with Crippen molar-refractivity contribution >= 4 is 5.91 Å². The lowest BCUT2D eigenvalue weighted by Gasteiger charge is -2.38. The van der Waals surface area contributed by atoms with E-state index in [2.05, 4.69) is 50.3 Å². The predicted octanol–water partition coefficient (Wildman–Crippen LogP) is 5.25. The standard InChI is InChI=1S/C23H31NO/c1-16-9-5-7-11-21(16)18-13-19(22-12-8-6-10-17(22)2)15-20(14-18)23(25)24(3)4/h5-7,9-11,18-20H,8,12-15H2,1-4H3. The van der Waals surface area contributed by atoms with Crippen LogP contribution >= 0.6 is 0 Å². The third-order valence-corrected chi connectivity index (χ3v) is 6.07. The van der Waals surface area contributed by atoms with Crippen molar-refractivity contribution in [2.75, 3.05) is 14.1 Å². The van der Waals surface area contributed by atoms with Gasteiger partial charge in [-0.1, -0.05) is 47.6 Å². The first kappa shape index (κ1) is 18.0. The number of nitrogens with zero attached hydrogens (tertiary/aromatic N) is 1. The van der Waals surface area contributed by atoms with E-state index in [-0.39, 0.29) is 5.92 Å². The molecule has 3 atom stereocenters. The van der Waals surface area contributed by atoms with Crippen LogP contribution in [0.25, 0.3) is 0 Å². The minimum atomic E-state index is 0.143. The summed E-state index contributed by atoms with van der Waals surface area (Å²) in [7, 11) is 3.78. The minimum Gasteiger partial charge on any atom is -0.349 e. The average Bonchev–Trinajstić information content (AvgIpc) is 2.61. The normalized spacial score (nSPS) is 26.6. The maximum atomic E-state index is 12.8. The fraction of sp³-hybridized carbons (Fsp3) is 0.522. The van der Waals surface area contributed by atoms with Crippen LogP contribution in [0.1, 0.15) is 56.1 Å². The molecule has 3 unspecified atom stereocenters. The molecule has 0 saturated heterocycles. The summed E-state index contributed by atoms with van der Waals surface area (Å²) in [6.07, 6.45) is 10.0. The van der Waals surface area contributed by atoms with Crippen molar-refractivity contribution in [2.24, 2.45) is 11.8 Å². The molecule has 3 rings (SSSR count). The maximum Gasteiger partial charge on any atom is 0.225 e. The quantitative estimate of drug-likeness (QED) is 0.737. The molecule has 134 valence electrons. The topological polar surface area (TPSA) is 20.3 Å². The van der Waals surface area contributed by atoms with E-state index in [0.717, 1.165) is 25.7 Å². The van der Waals surface area contributed by atoms with Gasteiger partial charge in [-0.3, -0.25) is 4.79 Å². The molecule has 0 heterocycles. The summed E-state index contributed by atoms with van der Waals surface area (Å²) < 4.78 is 0. The van der Waals surface area contributed by atoms with Crippen LogP contribution in [0.3, 0.4) is 0 Å². The van der Waals surface area contributed by atoms with Crippen molar-refractivity contribution in [3.05, 3.63) is 58.7 Å². The molecule has 1 fully saturated rings. The Labute approximate surface area is 152 Å². The number of carbonyl (C=O) groups is 1. The minimum absolute atomic E-state index is 0.143. The highest BCUT2D eigenvalue weighted by atomic mass is 16.2. The average molecular weight is 338 g/mol. The lowest BCUT2D eigenvalue weighted by molar-refractivity contribution is -0.134. The van der Waals surface area contributed by atoms with E-state index < -0.39 is 0 Å². The van der Waals surface area contributed by atoms with Crippen LogP contribution in [0.2, 0.25) is 0 Å². The Morgan fingerprint density at radius 1 is 1.04 bits per heavy atom. The Balaban J connectivity index is 1.93. The number of hydrogen-bond donors (Lipinski definition) is 0. The zero-order valence-electron chi connectivity index (χ0n) is 16.1. The van der Waals surface area contributed by atoms with E-state index in [1.807, 2.05) is 14.1 Å². The van der Waals surface area contributed by atoms with E-state index in [0.29, 0.717) is 17.7 Å². The van der Waals surface area contributed by atoms with Gasteiger partial charge in [0.05, 0.1) is 0 Å². The van der Waals surface area contributed by atoms with E-state index in [4.69, 9.17) is 0 Å². The number of allylic oxidation sites excluding steroid dienone is 4. The molecule has 0 bridgehead atoms. The van der Waals surface area contributed by atoms with Gasteiger partial charge in [-0.15, -0.1) is 0 Å². The first-order valence-corrected chi connectivity index (χ1v) is 9.60. The second-order valence-electron chi connectivity index (χ2n) is 8.04. The molecule has 0 N–H and O–H groups in total. The van der Waals surface area contributed by atoms with Gasteiger partial charge in [0.25, 0.3) is 0 Å². The van der Waals surface area contributed by atoms with E-state index >= 15 is 0 Å². The van der Waals surface area contributed by atoms with Gasteiger partial charge in [0.1, 0.15) is 0 Å². The molecule has 1 aromatic carbocycles. The summed E-state index contributed by atoms with van der Waals surface area (Å²) in [5, 5.41) is 0. The molecular formula is C23H31NO. The van der Waals surface area contributed by atoms with Crippen molar-refractivity contribution in [1.82, 2.24) is 4.90 Å². The van der Waals surface area contributed by atoms with Gasteiger partial charge in [-0.05, 0) is 68.9 Å². The predicted molar refractivity (Wildman–Crippen MR) is 105 cm³/mol. The van der Waals surface area contributed by atoms with Crippen LogP contribution in [-0.2, 0) is 4.79 Å². The number of hydrogen-bond acceptors (Lipinski definition) is 1. The molecule has 2 heteroatoms. The van der Waals surface area contributed by atoms with Gasteiger partial charge >= 0.3 is 0 Å². The lowest BCUT2D eigenvalue weighted by atomic mass is 9.67. The van der Waals surface area contributed by atoms with Gasteiger partial charge in [0.15, 0.2) is 0 Å². The second-order valence-corrected chi connectivity index (χ2v) is 8.04. The van der Waals surface area contributed by atoms with Gasteiger partial charge in [-0.2, -0.15) is 0 Å². The van der Waals surface area contributed by atoms with E-state index in [1.165, 1.54) is 23.1 Å². The van der Waals surface area contributed by atoms with Crippen LogP contribution in [0, 0.1) is 18.8 Å². The molecule has 1 aromatic rings. The van der Waals surface area contributed by atoms with Crippen molar-refractivity contribution in [3.63, 3.8) is 0 Å². The Morgan fingerprint density at radius 3 is 2.44 bits per heavy atom. The highest BCUT2D eigenvalue weighted by Crippen LogP contribution is 2.45. The molecular weight excluding hydrogens is 306 g/mol. The number of amides is 1. The summed E-state index contributed by atoms with van der Waals surface area (Å²) in [6.45, 7) is 4.45. The zero-order chi connectivity index (χ0) is 18.0. The molecule has 1 amide bonds.